The molecule has 0 atom stereocenters. The molecule has 2 aromatic rings. The molecular formula is C16H8F5NO4. The zero-order valence-electron chi connectivity index (χ0n) is 12.7. The molecule has 1 aliphatic heterocycles. The van der Waals surface area contributed by atoms with Crippen molar-refractivity contribution in [3.05, 3.63) is 47.3 Å². The lowest BCUT2D eigenvalue weighted by molar-refractivity contribution is -0.137. The van der Waals surface area contributed by atoms with E-state index in [1.807, 2.05) is 0 Å². The molecule has 1 amide bonds. The van der Waals surface area contributed by atoms with Gasteiger partial charge in [0, 0.05) is 0 Å². The Morgan fingerprint density at radius 1 is 1.04 bits per heavy atom. The molecule has 0 fully saturated rings. The van der Waals surface area contributed by atoms with Gasteiger partial charge in [-0.15, -0.1) is 0 Å². The maximum atomic E-state index is 14.0. The molecule has 0 unspecified atom stereocenters. The Kier molecular flexibility index (Phi) is 4.26. The number of rotatable bonds is 3. The van der Waals surface area contributed by atoms with E-state index in [4.69, 9.17) is 9.84 Å². The maximum absolute atomic E-state index is 14.0. The summed E-state index contributed by atoms with van der Waals surface area (Å²) in [5.74, 6) is -12.7. The number of anilines is 1. The number of hydrogen-bond acceptors (Lipinski definition) is 3. The number of carbonyl (C=O) groups is 2. The molecule has 136 valence electrons. The number of hydrogen-bond donors (Lipinski definition) is 1. The molecule has 1 N–H and O–H groups in total. The van der Waals surface area contributed by atoms with Crippen LogP contribution in [0.3, 0.4) is 0 Å². The third-order valence-electron chi connectivity index (χ3n) is 3.69. The molecule has 5 nitrogen and oxygen atoms in total. The molecule has 0 radical (unpaired) electrons. The lowest BCUT2D eigenvalue weighted by atomic mass is 10.0. The van der Waals surface area contributed by atoms with E-state index in [0.29, 0.717) is 0 Å². The van der Waals surface area contributed by atoms with Gasteiger partial charge in [0.1, 0.15) is 12.3 Å². The van der Waals surface area contributed by atoms with Gasteiger partial charge in [-0.25, -0.2) is 22.0 Å². The first kappa shape index (κ1) is 17.6. The molecule has 26 heavy (non-hydrogen) atoms. The van der Waals surface area contributed by atoms with Gasteiger partial charge in [0.05, 0.1) is 11.3 Å². The number of halogens is 5. The molecule has 0 spiro atoms. The lowest BCUT2D eigenvalue weighted by Gasteiger charge is -2.28. The van der Waals surface area contributed by atoms with Crippen molar-refractivity contribution in [1.29, 1.82) is 0 Å². The number of carboxylic acid groups (broad SMARTS) is 1. The van der Waals surface area contributed by atoms with Crippen molar-refractivity contribution in [2.45, 2.75) is 0 Å². The average molecular weight is 373 g/mol. The largest absolute Gasteiger partial charge is 0.482 e. The van der Waals surface area contributed by atoms with Gasteiger partial charge in [-0.3, -0.25) is 14.5 Å². The first-order chi connectivity index (χ1) is 12.2. The van der Waals surface area contributed by atoms with E-state index in [1.165, 1.54) is 0 Å². The van der Waals surface area contributed by atoms with Crippen LogP contribution in [0.15, 0.2) is 18.2 Å². The van der Waals surface area contributed by atoms with Crippen LogP contribution in [-0.4, -0.2) is 30.1 Å². The van der Waals surface area contributed by atoms with Crippen molar-refractivity contribution in [2.75, 3.05) is 18.1 Å². The highest BCUT2D eigenvalue weighted by molar-refractivity contribution is 6.01. The van der Waals surface area contributed by atoms with E-state index in [9.17, 15) is 31.5 Å². The summed E-state index contributed by atoms with van der Waals surface area (Å²) in [6, 6.07) is 3.10. The number of ether oxygens (including phenoxy) is 1. The summed E-state index contributed by atoms with van der Waals surface area (Å²) in [5, 5.41) is 8.89. The summed E-state index contributed by atoms with van der Waals surface area (Å²) < 4.78 is 73.0. The predicted octanol–water partition coefficient (Wildman–Crippen LogP) is 2.86. The Morgan fingerprint density at radius 3 is 2.19 bits per heavy atom. The number of benzene rings is 2. The van der Waals surface area contributed by atoms with Gasteiger partial charge in [0.2, 0.25) is 5.82 Å². The van der Waals surface area contributed by atoms with Crippen LogP contribution in [0.5, 0.6) is 5.75 Å². The van der Waals surface area contributed by atoms with Crippen molar-refractivity contribution in [3.63, 3.8) is 0 Å². The Balaban J connectivity index is 2.20. The van der Waals surface area contributed by atoms with Crippen LogP contribution in [0.25, 0.3) is 11.1 Å². The van der Waals surface area contributed by atoms with E-state index in [0.717, 1.165) is 23.1 Å². The fourth-order valence-electron chi connectivity index (χ4n) is 2.52. The molecule has 0 aliphatic carbocycles. The first-order valence-corrected chi connectivity index (χ1v) is 7.03. The monoisotopic (exact) mass is 373 g/mol. The quantitative estimate of drug-likeness (QED) is 0.511. The number of carboxylic acids is 1. The van der Waals surface area contributed by atoms with Crippen molar-refractivity contribution in [2.24, 2.45) is 0 Å². The van der Waals surface area contributed by atoms with Crippen LogP contribution >= 0.6 is 0 Å². The summed E-state index contributed by atoms with van der Waals surface area (Å²) >= 11 is 0. The minimum absolute atomic E-state index is 0.0264. The second-order valence-electron chi connectivity index (χ2n) is 5.29. The van der Waals surface area contributed by atoms with Gasteiger partial charge in [0.25, 0.3) is 5.91 Å². The molecule has 0 aromatic heterocycles. The van der Waals surface area contributed by atoms with Crippen LogP contribution in [0.1, 0.15) is 0 Å². The fraction of sp³-hybridized carbons (Fsp3) is 0.125. The molecule has 0 bridgehead atoms. The third-order valence-corrected chi connectivity index (χ3v) is 3.69. The van der Waals surface area contributed by atoms with Gasteiger partial charge >= 0.3 is 5.97 Å². The van der Waals surface area contributed by atoms with Crippen molar-refractivity contribution < 1.29 is 41.4 Å². The summed E-state index contributed by atoms with van der Waals surface area (Å²) in [7, 11) is 0. The molecule has 2 aromatic carbocycles. The Labute approximate surface area is 142 Å². The second-order valence-corrected chi connectivity index (χ2v) is 5.29. The van der Waals surface area contributed by atoms with Crippen LogP contribution in [0.4, 0.5) is 27.6 Å². The molecule has 10 heteroatoms. The minimum atomic E-state index is -2.30. The number of nitrogens with zero attached hydrogens (tertiary/aromatic N) is 1. The zero-order chi connectivity index (χ0) is 19.2. The van der Waals surface area contributed by atoms with Gasteiger partial charge in [0.15, 0.2) is 29.9 Å². The zero-order valence-corrected chi connectivity index (χ0v) is 12.7. The van der Waals surface area contributed by atoms with E-state index in [-0.39, 0.29) is 11.4 Å². The van der Waals surface area contributed by atoms with Crippen LogP contribution < -0.4 is 9.64 Å². The van der Waals surface area contributed by atoms with Crippen molar-refractivity contribution in [1.82, 2.24) is 0 Å². The number of amides is 1. The van der Waals surface area contributed by atoms with Crippen LogP contribution in [0, 0.1) is 29.1 Å². The van der Waals surface area contributed by atoms with E-state index in [1.54, 1.807) is 0 Å². The SMILES string of the molecule is O=C(O)CN1C(=O)COc2ccc(-c3c(F)c(F)c(F)c(F)c3F)cc21. The molecular weight excluding hydrogens is 365 g/mol. The molecule has 1 heterocycles. The summed E-state index contributed by atoms with van der Waals surface area (Å²) in [5.41, 5.74) is -1.80. The normalized spacial score (nSPS) is 13.4. The van der Waals surface area contributed by atoms with Crippen molar-refractivity contribution >= 4 is 17.6 Å². The molecule has 0 saturated carbocycles. The van der Waals surface area contributed by atoms with Crippen LogP contribution in [-0.2, 0) is 9.59 Å². The Bertz CT molecular complexity index is 918. The number of aliphatic carboxylic acids is 1. The highest BCUT2D eigenvalue weighted by Crippen LogP contribution is 2.38. The lowest BCUT2D eigenvalue weighted by Crippen LogP contribution is -2.41. The summed E-state index contributed by atoms with van der Waals surface area (Å²) in [4.78, 5) is 23.5. The van der Waals surface area contributed by atoms with Gasteiger partial charge in [-0.2, -0.15) is 0 Å². The smallest absolute Gasteiger partial charge is 0.323 e. The van der Waals surface area contributed by atoms with Crippen molar-refractivity contribution in [3.8, 4) is 16.9 Å². The highest BCUT2D eigenvalue weighted by Gasteiger charge is 2.30. The van der Waals surface area contributed by atoms with Gasteiger partial charge in [-0.1, -0.05) is 6.07 Å². The second kappa shape index (κ2) is 6.28. The highest BCUT2D eigenvalue weighted by atomic mass is 19.2. The standard InChI is InChI=1S/C16H8F5NO4/c17-12-11(13(18)15(20)16(21)14(12)19)6-1-2-8-7(3-6)22(4-10(24)25)9(23)5-26-8/h1-3H,4-5H2,(H,24,25). The predicted molar refractivity (Wildman–Crippen MR) is 77.2 cm³/mol. The summed E-state index contributed by atoms with van der Waals surface area (Å²) in [6.45, 7) is -1.22. The molecule has 0 saturated heterocycles. The van der Waals surface area contributed by atoms with Gasteiger partial charge < -0.3 is 9.84 Å². The average Bonchev–Trinajstić information content (AvgIpc) is 2.60. The Hall–Kier alpha value is -3.17. The molecule has 3 rings (SSSR count). The van der Waals surface area contributed by atoms with Crippen LogP contribution in [0.2, 0.25) is 0 Å². The topological polar surface area (TPSA) is 66.8 Å². The number of carbonyl (C=O) groups excluding carboxylic acids is 1. The number of fused-ring (bicyclic) bond motifs is 1. The maximum Gasteiger partial charge on any atom is 0.323 e. The van der Waals surface area contributed by atoms with E-state index in [2.05, 4.69) is 0 Å². The fourth-order valence-corrected chi connectivity index (χ4v) is 2.52. The third kappa shape index (κ3) is 2.72. The molecule has 1 aliphatic rings. The van der Waals surface area contributed by atoms with E-state index < -0.39 is 65.2 Å². The first-order valence-electron chi connectivity index (χ1n) is 7.03. The minimum Gasteiger partial charge on any atom is -0.482 e. The summed E-state index contributed by atoms with van der Waals surface area (Å²) in [6.07, 6.45) is 0. The van der Waals surface area contributed by atoms with E-state index >= 15 is 0 Å². The Morgan fingerprint density at radius 2 is 1.62 bits per heavy atom. The van der Waals surface area contributed by atoms with Gasteiger partial charge in [-0.05, 0) is 17.7 Å².